The number of benzene rings is 2. The molecule has 22 heavy (non-hydrogen) atoms. The Morgan fingerprint density at radius 2 is 1.82 bits per heavy atom. The topological polar surface area (TPSA) is 67.1 Å². The van der Waals surface area contributed by atoms with Gasteiger partial charge in [-0.1, -0.05) is 12.1 Å². The molecule has 0 saturated heterocycles. The molecular weight excluding hydrogens is 274 g/mol. The van der Waals surface area contributed by atoms with Crippen molar-refractivity contribution in [3.8, 4) is 0 Å². The van der Waals surface area contributed by atoms with Crippen LogP contribution in [-0.4, -0.2) is 11.9 Å². The second kappa shape index (κ2) is 6.98. The highest BCUT2D eigenvalue weighted by Gasteiger charge is 2.08. The van der Waals surface area contributed by atoms with Crippen LogP contribution in [0.3, 0.4) is 0 Å². The van der Waals surface area contributed by atoms with Gasteiger partial charge in [0.05, 0.1) is 0 Å². The molecule has 0 spiro atoms. The Morgan fingerprint density at radius 1 is 1.14 bits per heavy atom. The molecule has 0 aliphatic rings. The Labute approximate surface area is 131 Å². The van der Waals surface area contributed by atoms with Crippen LogP contribution < -0.4 is 16.4 Å². The van der Waals surface area contributed by atoms with E-state index in [-0.39, 0.29) is 11.9 Å². The number of nitrogens with two attached hydrogens (primary N) is 1. The quantitative estimate of drug-likeness (QED) is 0.742. The first-order valence-corrected chi connectivity index (χ1v) is 7.45. The summed E-state index contributed by atoms with van der Waals surface area (Å²) in [6.07, 6.45) is 0. The van der Waals surface area contributed by atoms with Gasteiger partial charge in [0.1, 0.15) is 0 Å². The van der Waals surface area contributed by atoms with Gasteiger partial charge in [-0.05, 0) is 62.2 Å². The summed E-state index contributed by atoms with van der Waals surface area (Å²) in [6, 6.07) is 13.7. The molecule has 0 aromatic heterocycles. The summed E-state index contributed by atoms with van der Waals surface area (Å²) in [7, 11) is 0. The molecule has 0 atom stereocenters. The van der Waals surface area contributed by atoms with Crippen molar-refractivity contribution in [3.05, 3.63) is 59.2 Å². The van der Waals surface area contributed by atoms with Gasteiger partial charge in [0.25, 0.3) is 5.91 Å². The number of carbonyl (C=O) groups excluding carboxylic acids is 1. The van der Waals surface area contributed by atoms with Crippen LogP contribution in [0.1, 0.15) is 35.3 Å². The van der Waals surface area contributed by atoms with E-state index < -0.39 is 0 Å². The molecule has 2 aromatic carbocycles. The minimum atomic E-state index is -0.0470. The highest BCUT2D eigenvalue weighted by atomic mass is 16.1. The molecule has 2 aromatic rings. The van der Waals surface area contributed by atoms with Crippen LogP contribution >= 0.6 is 0 Å². The van der Waals surface area contributed by atoms with Crippen LogP contribution in [0, 0.1) is 6.92 Å². The standard InChI is InChI=1S/C18H23N3O/c1-12(2)21-18(22)15-8-13(3)9-17(10-15)20-11-14-4-6-16(19)7-5-14/h4-10,12,20H,11,19H2,1-3H3,(H,21,22). The molecule has 4 heteroatoms. The first kappa shape index (κ1) is 15.9. The molecule has 4 nitrogen and oxygen atoms in total. The minimum Gasteiger partial charge on any atom is -0.399 e. The fourth-order valence-electron chi connectivity index (χ4n) is 2.20. The van der Waals surface area contributed by atoms with E-state index in [9.17, 15) is 4.79 Å². The lowest BCUT2D eigenvalue weighted by Crippen LogP contribution is -2.30. The van der Waals surface area contributed by atoms with E-state index in [1.54, 1.807) is 0 Å². The van der Waals surface area contributed by atoms with Crippen molar-refractivity contribution in [2.75, 3.05) is 11.1 Å². The lowest BCUT2D eigenvalue weighted by molar-refractivity contribution is 0.0943. The molecule has 0 saturated carbocycles. The molecule has 0 aliphatic carbocycles. The van der Waals surface area contributed by atoms with Gasteiger partial charge in [-0.2, -0.15) is 0 Å². The number of carbonyl (C=O) groups is 1. The maximum Gasteiger partial charge on any atom is 0.251 e. The molecule has 0 aliphatic heterocycles. The first-order chi connectivity index (χ1) is 10.4. The number of aryl methyl sites for hydroxylation is 1. The summed E-state index contributed by atoms with van der Waals surface area (Å²) in [5, 5.41) is 6.26. The molecular formula is C18H23N3O. The van der Waals surface area contributed by atoms with Crippen molar-refractivity contribution in [1.29, 1.82) is 0 Å². The van der Waals surface area contributed by atoms with Gasteiger partial charge in [-0.15, -0.1) is 0 Å². The van der Waals surface area contributed by atoms with Crippen LogP contribution in [0.5, 0.6) is 0 Å². The molecule has 0 unspecified atom stereocenters. The fraction of sp³-hybridized carbons (Fsp3) is 0.278. The van der Waals surface area contributed by atoms with Crippen LogP contribution in [0.2, 0.25) is 0 Å². The number of rotatable bonds is 5. The molecule has 0 fully saturated rings. The van der Waals surface area contributed by atoms with E-state index >= 15 is 0 Å². The second-order valence-corrected chi connectivity index (χ2v) is 5.81. The highest BCUT2D eigenvalue weighted by Crippen LogP contribution is 2.16. The van der Waals surface area contributed by atoms with Crippen LogP contribution in [0.4, 0.5) is 11.4 Å². The lowest BCUT2D eigenvalue weighted by Gasteiger charge is -2.12. The highest BCUT2D eigenvalue weighted by molar-refractivity contribution is 5.95. The van der Waals surface area contributed by atoms with E-state index in [0.29, 0.717) is 12.1 Å². The molecule has 0 heterocycles. The molecule has 0 radical (unpaired) electrons. The normalized spacial score (nSPS) is 10.5. The second-order valence-electron chi connectivity index (χ2n) is 5.81. The predicted molar refractivity (Wildman–Crippen MR) is 92.0 cm³/mol. The largest absolute Gasteiger partial charge is 0.399 e. The van der Waals surface area contributed by atoms with Crippen molar-refractivity contribution in [2.45, 2.75) is 33.4 Å². The Morgan fingerprint density at radius 3 is 2.45 bits per heavy atom. The van der Waals surface area contributed by atoms with Crippen molar-refractivity contribution >= 4 is 17.3 Å². The van der Waals surface area contributed by atoms with Crippen molar-refractivity contribution in [1.82, 2.24) is 5.32 Å². The number of anilines is 2. The lowest BCUT2D eigenvalue weighted by atomic mass is 10.1. The Kier molecular flexibility index (Phi) is 5.04. The summed E-state index contributed by atoms with van der Waals surface area (Å²) < 4.78 is 0. The molecule has 116 valence electrons. The third kappa shape index (κ3) is 4.52. The smallest absolute Gasteiger partial charge is 0.251 e. The summed E-state index contributed by atoms with van der Waals surface area (Å²) in [6.45, 7) is 6.58. The molecule has 4 N–H and O–H groups in total. The van der Waals surface area contributed by atoms with E-state index in [4.69, 9.17) is 5.73 Å². The molecule has 1 amide bonds. The third-order valence-corrected chi connectivity index (χ3v) is 3.24. The van der Waals surface area contributed by atoms with Crippen LogP contribution in [0.15, 0.2) is 42.5 Å². The number of amides is 1. The zero-order valence-corrected chi connectivity index (χ0v) is 13.3. The average molecular weight is 297 g/mol. The SMILES string of the molecule is Cc1cc(NCc2ccc(N)cc2)cc(C(=O)NC(C)C)c1. The maximum atomic E-state index is 12.1. The minimum absolute atomic E-state index is 0.0470. The van der Waals surface area contributed by atoms with Crippen molar-refractivity contribution in [2.24, 2.45) is 0 Å². The fourth-order valence-corrected chi connectivity index (χ4v) is 2.20. The van der Waals surface area contributed by atoms with Gasteiger partial charge in [-0.3, -0.25) is 4.79 Å². The summed E-state index contributed by atoms with van der Waals surface area (Å²) >= 11 is 0. The van der Waals surface area contributed by atoms with E-state index in [2.05, 4.69) is 10.6 Å². The number of hydrogen-bond acceptors (Lipinski definition) is 3. The zero-order valence-electron chi connectivity index (χ0n) is 13.3. The monoisotopic (exact) mass is 297 g/mol. The van der Waals surface area contributed by atoms with Crippen molar-refractivity contribution in [3.63, 3.8) is 0 Å². The summed E-state index contributed by atoms with van der Waals surface area (Å²) in [5.41, 5.74) is 10.2. The summed E-state index contributed by atoms with van der Waals surface area (Å²) in [5.74, 6) is -0.0470. The van der Waals surface area contributed by atoms with Gasteiger partial charge < -0.3 is 16.4 Å². The van der Waals surface area contributed by atoms with Crippen LogP contribution in [-0.2, 0) is 6.54 Å². The van der Waals surface area contributed by atoms with E-state index in [0.717, 1.165) is 22.5 Å². The first-order valence-electron chi connectivity index (χ1n) is 7.45. The zero-order chi connectivity index (χ0) is 16.1. The molecule has 2 rings (SSSR count). The third-order valence-electron chi connectivity index (χ3n) is 3.24. The average Bonchev–Trinajstić information content (AvgIpc) is 2.45. The Bertz CT molecular complexity index is 648. The number of nitrogens with one attached hydrogen (secondary N) is 2. The van der Waals surface area contributed by atoms with Gasteiger partial charge >= 0.3 is 0 Å². The number of hydrogen-bond donors (Lipinski definition) is 3. The maximum absolute atomic E-state index is 12.1. The summed E-state index contributed by atoms with van der Waals surface area (Å²) in [4.78, 5) is 12.1. The van der Waals surface area contributed by atoms with Gasteiger partial charge in [0.15, 0.2) is 0 Å². The van der Waals surface area contributed by atoms with E-state index in [1.807, 2.05) is 63.2 Å². The predicted octanol–water partition coefficient (Wildman–Crippen LogP) is 3.33. The van der Waals surface area contributed by atoms with Crippen molar-refractivity contribution < 1.29 is 4.79 Å². The van der Waals surface area contributed by atoms with Gasteiger partial charge in [0, 0.05) is 29.5 Å². The van der Waals surface area contributed by atoms with Crippen LogP contribution in [0.25, 0.3) is 0 Å². The van der Waals surface area contributed by atoms with E-state index in [1.165, 1.54) is 0 Å². The van der Waals surface area contributed by atoms with Gasteiger partial charge in [-0.25, -0.2) is 0 Å². The molecule has 0 bridgehead atoms. The number of nitrogen functional groups attached to an aromatic ring is 1. The Balaban J connectivity index is 2.09. The van der Waals surface area contributed by atoms with Gasteiger partial charge in [0.2, 0.25) is 0 Å². The Hall–Kier alpha value is -2.49.